The Morgan fingerprint density at radius 3 is 2.70 bits per heavy atom. The fourth-order valence-corrected chi connectivity index (χ4v) is 1.77. The predicted octanol–water partition coefficient (Wildman–Crippen LogP) is 2.37. The van der Waals surface area contributed by atoms with E-state index >= 15 is 0 Å². The summed E-state index contributed by atoms with van der Waals surface area (Å²) >= 11 is 0. The van der Waals surface area contributed by atoms with Gasteiger partial charge in [-0.2, -0.15) is 0 Å². The molecule has 0 bridgehead atoms. The second kappa shape index (κ2) is 7.53. The van der Waals surface area contributed by atoms with Gasteiger partial charge in [-0.3, -0.25) is 0 Å². The van der Waals surface area contributed by atoms with Gasteiger partial charge in [-0.05, 0) is 37.5 Å². The van der Waals surface area contributed by atoms with Crippen LogP contribution in [0.4, 0.5) is 4.79 Å². The van der Waals surface area contributed by atoms with Crippen LogP contribution in [-0.2, 0) is 6.42 Å². The fourth-order valence-electron chi connectivity index (χ4n) is 1.77. The van der Waals surface area contributed by atoms with Crippen LogP contribution in [0.2, 0.25) is 0 Å². The van der Waals surface area contributed by atoms with Crippen LogP contribution in [0.3, 0.4) is 0 Å². The Kier molecular flexibility index (Phi) is 6.03. The minimum absolute atomic E-state index is 0.103. The summed E-state index contributed by atoms with van der Waals surface area (Å²) in [6.07, 6.45) is 1.52. The summed E-state index contributed by atoms with van der Waals surface area (Å²) in [5, 5.41) is 11.7. The van der Waals surface area contributed by atoms with Crippen LogP contribution < -0.4 is 5.32 Å². The summed E-state index contributed by atoms with van der Waals surface area (Å²) < 4.78 is 0. The maximum absolute atomic E-state index is 11.8. The number of amides is 2. The first-order valence-corrected chi connectivity index (χ1v) is 6.78. The van der Waals surface area contributed by atoms with E-state index in [9.17, 15) is 9.59 Å². The lowest BCUT2D eigenvalue weighted by molar-refractivity contribution is 0.0696. The van der Waals surface area contributed by atoms with E-state index in [4.69, 9.17) is 5.11 Å². The van der Waals surface area contributed by atoms with Crippen molar-refractivity contribution < 1.29 is 14.7 Å². The number of carboxylic acids is 1. The normalized spacial score (nSPS) is 11.8. The molecule has 0 aliphatic carbocycles. The Balaban J connectivity index is 2.46. The number of hydrogen-bond donors (Lipinski definition) is 2. The summed E-state index contributed by atoms with van der Waals surface area (Å²) in [6.45, 7) is 4.52. The molecule has 0 fully saturated rings. The van der Waals surface area contributed by atoms with Gasteiger partial charge < -0.3 is 15.3 Å². The van der Waals surface area contributed by atoms with Gasteiger partial charge in [0, 0.05) is 19.6 Å². The number of rotatable bonds is 6. The molecule has 0 aliphatic heterocycles. The Bertz CT molecular complexity index is 474. The first-order chi connectivity index (χ1) is 9.45. The number of nitrogens with zero attached hydrogens (tertiary/aromatic N) is 1. The Hall–Kier alpha value is -2.04. The molecule has 2 N–H and O–H groups in total. The van der Waals surface area contributed by atoms with Crippen molar-refractivity contribution in [3.05, 3.63) is 35.4 Å². The van der Waals surface area contributed by atoms with E-state index < -0.39 is 5.97 Å². The smallest absolute Gasteiger partial charge is 0.335 e. The summed E-state index contributed by atoms with van der Waals surface area (Å²) in [5.74, 6) is -0.938. The number of benzene rings is 1. The van der Waals surface area contributed by atoms with E-state index in [0.29, 0.717) is 13.0 Å². The number of hydrogen-bond acceptors (Lipinski definition) is 2. The molecular weight excluding hydrogens is 256 g/mol. The summed E-state index contributed by atoms with van der Waals surface area (Å²) in [4.78, 5) is 24.4. The lowest BCUT2D eigenvalue weighted by Gasteiger charge is -2.24. The molecule has 1 unspecified atom stereocenters. The van der Waals surface area contributed by atoms with E-state index in [2.05, 4.69) is 5.32 Å². The molecule has 20 heavy (non-hydrogen) atoms. The van der Waals surface area contributed by atoms with Crippen LogP contribution in [0.5, 0.6) is 0 Å². The molecule has 5 nitrogen and oxygen atoms in total. The van der Waals surface area contributed by atoms with Gasteiger partial charge in [-0.25, -0.2) is 9.59 Å². The number of carbonyl (C=O) groups excluding carboxylic acids is 1. The standard InChI is InChI=1S/C15H22N2O3/c1-4-11(2)17(3)15(20)16-9-8-12-6-5-7-13(10-12)14(18)19/h5-7,10-11H,4,8-9H2,1-3H3,(H,16,20)(H,18,19). The topological polar surface area (TPSA) is 69.6 Å². The molecule has 110 valence electrons. The molecule has 5 heteroatoms. The highest BCUT2D eigenvalue weighted by molar-refractivity contribution is 5.87. The second-order valence-corrected chi connectivity index (χ2v) is 4.86. The fraction of sp³-hybridized carbons (Fsp3) is 0.467. The van der Waals surface area contributed by atoms with E-state index in [1.54, 1.807) is 30.1 Å². The zero-order valence-electron chi connectivity index (χ0n) is 12.2. The zero-order chi connectivity index (χ0) is 15.1. The molecular formula is C15H22N2O3. The molecule has 0 heterocycles. The van der Waals surface area contributed by atoms with Crippen LogP contribution in [0.1, 0.15) is 36.2 Å². The third kappa shape index (κ3) is 4.57. The maximum atomic E-state index is 11.8. The molecule has 0 aliphatic rings. The molecule has 0 spiro atoms. The van der Waals surface area contributed by atoms with Crippen molar-refractivity contribution in [3.63, 3.8) is 0 Å². The predicted molar refractivity (Wildman–Crippen MR) is 78.0 cm³/mol. The summed E-state index contributed by atoms with van der Waals surface area (Å²) in [7, 11) is 1.77. The molecule has 0 radical (unpaired) electrons. The molecule has 1 atom stereocenters. The van der Waals surface area contributed by atoms with Gasteiger partial charge >= 0.3 is 12.0 Å². The molecule has 0 saturated heterocycles. The lowest BCUT2D eigenvalue weighted by atomic mass is 10.1. The van der Waals surface area contributed by atoms with Crippen molar-refractivity contribution in [3.8, 4) is 0 Å². The molecule has 2 amide bonds. The highest BCUT2D eigenvalue weighted by Crippen LogP contribution is 2.06. The molecule has 1 aromatic rings. The third-order valence-corrected chi connectivity index (χ3v) is 3.44. The number of carboxylic acid groups (broad SMARTS) is 1. The van der Waals surface area contributed by atoms with Crippen LogP contribution in [-0.4, -0.2) is 41.6 Å². The van der Waals surface area contributed by atoms with Gasteiger partial charge in [0.15, 0.2) is 0 Å². The summed E-state index contributed by atoms with van der Waals surface area (Å²) in [6, 6.07) is 6.86. The minimum Gasteiger partial charge on any atom is -0.478 e. The number of aromatic carboxylic acids is 1. The first-order valence-electron chi connectivity index (χ1n) is 6.78. The van der Waals surface area contributed by atoms with Gasteiger partial charge in [0.1, 0.15) is 0 Å². The largest absolute Gasteiger partial charge is 0.478 e. The Labute approximate surface area is 119 Å². The second-order valence-electron chi connectivity index (χ2n) is 4.86. The van der Waals surface area contributed by atoms with Crippen molar-refractivity contribution in [2.75, 3.05) is 13.6 Å². The molecule has 0 aromatic heterocycles. The average molecular weight is 278 g/mol. The SMILES string of the molecule is CCC(C)N(C)C(=O)NCCc1cccc(C(=O)O)c1. The van der Waals surface area contributed by atoms with E-state index in [0.717, 1.165) is 12.0 Å². The number of urea groups is 1. The highest BCUT2D eigenvalue weighted by Gasteiger charge is 2.13. The van der Waals surface area contributed by atoms with Crippen LogP contribution >= 0.6 is 0 Å². The van der Waals surface area contributed by atoms with Gasteiger partial charge in [0.2, 0.25) is 0 Å². The molecule has 1 aromatic carbocycles. The van der Waals surface area contributed by atoms with Crippen molar-refractivity contribution in [1.82, 2.24) is 10.2 Å². The van der Waals surface area contributed by atoms with Gasteiger partial charge in [0.25, 0.3) is 0 Å². The quantitative estimate of drug-likeness (QED) is 0.839. The monoisotopic (exact) mass is 278 g/mol. The van der Waals surface area contributed by atoms with Gasteiger partial charge in [-0.1, -0.05) is 19.1 Å². The van der Waals surface area contributed by atoms with Gasteiger partial charge in [-0.15, -0.1) is 0 Å². The third-order valence-electron chi connectivity index (χ3n) is 3.44. The van der Waals surface area contributed by atoms with Crippen LogP contribution in [0.25, 0.3) is 0 Å². The number of nitrogens with one attached hydrogen (secondary N) is 1. The minimum atomic E-state index is -0.938. The first kappa shape index (κ1) is 16.0. The zero-order valence-corrected chi connectivity index (χ0v) is 12.2. The van der Waals surface area contributed by atoms with E-state index in [1.807, 2.05) is 19.9 Å². The van der Waals surface area contributed by atoms with Gasteiger partial charge in [0.05, 0.1) is 5.56 Å². The summed E-state index contributed by atoms with van der Waals surface area (Å²) in [5.41, 5.74) is 1.17. The van der Waals surface area contributed by atoms with Crippen molar-refractivity contribution in [2.24, 2.45) is 0 Å². The van der Waals surface area contributed by atoms with Crippen molar-refractivity contribution in [2.45, 2.75) is 32.7 Å². The Morgan fingerprint density at radius 2 is 2.10 bits per heavy atom. The maximum Gasteiger partial charge on any atom is 0.335 e. The molecule has 1 rings (SSSR count). The van der Waals surface area contributed by atoms with Crippen molar-refractivity contribution in [1.29, 1.82) is 0 Å². The lowest BCUT2D eigenvalue weighted by Crippen LogP contribution is -2.42. The number of carbonyl (C=O) groups is 2. The van der Waals surface area contributed by atoms with Crippen LogP contribution in [0.15, 0.2) is 24.3 Å². The van der Waals surface area contributed by atoms with E-state index in [-0.39, 0.29) is 17.6 Å². The average Bonchev–Trinajstić information content (AvgIpc) is 2.45. The highest BCUT2D eigenvalue weighted by atomic mass is 16.4. The Morgan fingerprint density at radius 1 is 1.40 bits per heavy atom. The molecule has 0 saturated carbocycles. The van der Waals surface area contributed by atoms with Crippen LogP contribution in [0, 0.1) is 0 Å². The van der Waals surface area contributed by atoms with E-state index in [1.165, 1.54) is 0 Å². The van der Waals surface area contributed by atoms with Crippen molar-refractivity contribution >= 4 is 12.0 Å².